The van der Waals surface area contributed by atoms with Crippen molar-refractivity contribution in [3.05, 3.63) is 39.9 Å². The molecule has 0 bridgehead atoms. The zero-order valence-electron chi connectivity index (χ0n) is 8.69. The first-order valence-corrected chi connectivity index (χ1v) is 5.35. The third-order valence-electron chi connectivity index (χ3n) is 2.11. The van der Waals surface area contributed by atoms with Crippen LogP contribution in [0.2, 0.25) is 10.0 Å². The molecule has 5 nitrogen and oxygen atoms in total. The Morgan fingerprint density at radius 3 is 2.35 bits per heavy atom. The molecule has 0 radical (unpaired) electrons. The summed E-state index contributed by atoms with van der Waals surface area (Å²) in [6.45, 7) is 1.74. The second-order valence-electron chi connectivity index (χ2n) is 3.33. The van der Waals surface area contributed by atoms with Crippen molar-refractivity contribution < 1.29 is 9.90 Å². The van der Waals surface area contributed by atoms with E-state index in [1.165, 1.54) is 23.1 Å². The van der Waals surface area contributed by atoms with Crippen molar-refractivity contribution >= 4 is 29.2 Å². The van der Waals surface area contributed by atoms with Crippen LogP contribution in [-0.2, 0) is 0 Å². The van der Waals surface area contributed by atoms with Crippen molar-refractivity contribution in [3.63, 3.8) is 0 Å². The maximum absolute atomic E-state index is 10.9. The van der Waals surface area contributed by atoms with Crippen LogP contribution >= 0.6 is 23.2 Å². The molecule has 2 aromatic rings. The van der Waals surface area contributed by atoms with Crippen molar-refractivity contribution in [1.29, 1.82) is 0 Å². The Morgan fingerprint density at radius 2 is 1.94 bits per heavy atom. The van der Waals surface area contributed by atoms with E-state index in [0.717, 1.165) is 0 Å². The van der Waals surface area contributed by atoms with Gasteiger partial charge in [0.25, 0.3) is 0 Å². The molecular weight excluding hydrogens is 265 g/mol. The molecule has 0 saturated carbocycles. The van der Waals surface area contributed by atoms with Crippen LogP contribution in [0.25, 0.3) is 5.69 Å². The van der Waals surface area contributed by atoms with Gasteiger partial charge in [-0.1, -0.05) is 23.2 Å². The Labute approximate surface area is 107 Å². The Hall–Kier alpha value is -1.59. The zero-order valence-corrected chi connectivity index (χ0v) is 10.2. The molecule has 0 atom stereocenters. The topological polar surface area (TPSA) is 68.0 Å². The number of aromatic nitrogens is 3. The molecule has 0 unspecified atom stereocenters. The van der Waals surface area contributed by atoms with Crippen molar-refractivity contribution in [2.45, 2.75) is 6.92 Å². The summed E-state index contributed by atoms with van der Waals surface area (Å²) in [5, 5.41) is 13.1. The highest BCUT2D eigenvalue weighted by Crippen LogP contribution is 2.28. The molecule has 0 aliphatic rings. The van der Waals surface area contributed by atoms with Crippen molar-refractivity contribution in [1.82, 2.24) is 14.8 Å². The van der Waals surface area contributed by atoms with E-state index in [0.29, 0.717) is 11.5 Å². The molecule has 1 N–H and O–H groups in total. The highest BCUT2D eigenvalue weighted by atomic mass is 35.5. The molecule has 88 valence electrons. The molecule has 2 rings (SSSR count). The average molecular weight is 272 g/mol. The Balaban J connectivity index is 2.56. The number of carboxylic acids is 1. The highest BCUT2D eigenvalue weighted by molar-refractivity contribution is 6.39. The number of benzene rings is 1. The molecule has 0 amide bonds. The number of aromatic carboxylic acids is 1. The van der Waals surface area contributed by atoms with Gasteiger partial charge in [-0.3, -0.25) is 0 Å². The molecule has 1 heterocycles. The largest absolute Gasteiger partial charge is 0.478 e. The molecule has 0 spiro atoms. The normalized spacial score (nSPS) is 10.5. The minimum atomic E-state index is -1.17. The van der Waals surface area contributed by atoms with E-state index in [1.807, 2.05) is 0 Å². The van der Waals surface area contributed by atoms with Crippen LogP contribution in [0.4, 0.5) is 0 Å². The lowest BCUT2D eigenvalue weighted by Crippen LogP contribution is -2.02. The molecule has 0 aliphatic carbocycles. The second kappa shape index (κ2) is 4.35. The third kappa shape index (κ3) is 2.25. The monoisotopic (exact) mass is 271 g/mol. The van der Waals surface area contributed by atoms with Gasteiger partial charge in [0, 0.05) is 0 Å². The lowest BCUT2D eigenvalue weighted by atomic mass is 10.2. The number of aryl methyl sites for hydroxylation is 1. The Morgan fingerprint density at radius 1 is 1.35 bits per heavy atom. The molecular formula is C10H7Cl2N3O2. The first kappa shape index (κ1) is 11.9. The number of rotatable bonds is 2. The summed E-state index contributed by atoms with van der Waals surface area (Å²) in [6, 6.07) is 2.95. The molecule has 0 aliphatic heterocycles. The van der Waals surface area contributed by atoms with Crippen LogP contribution in [-0.4, -0.2) is 25.8 Å². The number of halogens is 2. The summed E-state index contributed by atoms with van der Waals surface area (Å²) >= 11 is 11.7. The molecule has 1 aromatic carbocycles. The van der Waals surface area contributed by atoms with Gasteiger partial charge < -0.3 is 5.11 Å². The van der Waals surface area contributed by atoms with Crippen LogP contribution < -0.4 is 0 Å². The number of carbonyl (C=O) groups is 1. The van der Waals surface area contributed by atoms with Crippen molar-refractivity contribution in [2.75, 3.05) is 0 Å². The SMILES string of the molecule is Cc1ncn(-c2cc(Cl)c(C(=O)O)c(Cl)c2)n1. The average Bonchev–Trinajstić information content (AvgIpc) is 2.63. The maximum Gasteiger partial charge on any atom is 0.338 e. The van der Waals surface area contributed by atoms with E-state index >= 15 is 0 Å². The van der Waals surface area contributed by atoms with Gasteiger partial charge >= 0.3 is 5.97 Å². The van der Waals surface area contributed by atoms with Gasteiger partial charge in [0.2, 0.25) is 0 Å². The van der Waals surface area contributed by atoms with Gasteiger partial charge in [-0.25, -0.2) is 14.5 Å². The predicted octanol–water partition coefficient (Wildman–Crippen LogP) is 2.58. The van der Waals surface area contributed by atoms with Crippen LogP contribution in [0.1, 0.15) is 16.2 Å². The van der Waals surface area contributed by atoms with E-state index in [2.05, 4.69) is 10.1 Å². The van der Waals surface area contributed by atoms with Crippen LogP contribution in [0.15, 0.2) is 18.5 Å². The summed E-state index contributed by atoms with van der Waals surface area (Å²) < 4.78 is 1.47. The Bertz CT molecular complexity index is 572. The van der Waals surface area contributed by atoms with Gasteiger partial charge in [-0.2, -0.15) is 5.10 Å². The zero-order chi connectivity index (χ0) is 12.6. The Kier molecular flexibility index (Phi) is 3.04. The van der Waals surface area contributed by atoms with E-state index in [1.54, 1.807) is 6.92 Å². The number of hydrogen-bond acceptors (Lipinski definition) is 3. The number of nitrogens with zero attached hydrogens (tertiary/aromatic N) is 3. The van der Waals surface area contributed by atoms with Gasteiger partial charge in [0.1, 0.15) is 12.2 Å². The minimum absolute atomic E-state index is 0.0631. The fourth-order valence-electron chi connectivity index (χ4n) is 1.37. The predicted molar refractivity (Wildman–Crippen MR) is 63.1 cm³/mol. The van der Waals surface area contributed by atoms with E-state index in [4.69, 9.17) is 28.3 Å². The number of hydrogen-bond donors (Lipinski definition) is 1. The lowest BCUT2D eigenvalue weighted by molar-refractivity contribution is 0.0697. The first-order valence-electron chi connectivity index (χ1n) is 4.60. The molecule has 1 aromatic heterocycles. The second-order valence-corrected chi connectivity index (χ2v) is 4.14. The fourth-order valence-corrected chi connectivity index (χ4v) is 2.00. The minimum Gasteiger partial charge on any atom is -0.478 e. The van der Waals surface area contributed by atoms with E-state index in [-0.39, 0.29) is 15.6 Å². The fraction of sp³-hybridized carbons (Fsp3) is 0.100. The van der Waals surface area contributed by atoms with Crippen LogP contribution in [0.5, 0.6) is 0 Å². The summed E-state index contributed by atoms with van der Waals surface area (Å²) in [5.74, 6) is -0.569. The van der Waals surface area contributed by atoms with Gasteiger partial charge in [-0.05, 0) is 19.1 Å². The quantitative estimate of drug-likeness (QED) is 0.912. The summed E-state index contributed by atoms with van der Waals surface area (Å²) in [5.41, 5.74) is 0.444. The molecule has 0 saturated heterocycles. The highest BCUT2D eigenvalue weighted by Gasteiger charge is 2.15. The summed E-state index contributed by atoms with van der Waals surface area (Å²) in [4.78, 5) is 14.9. The molecule has 0 fully saturated rings. The summed E-state index contributed by atoms with van der Waals surface area (Å²) in [7, 11) is 0. The van der Waals surface area contributed by atoms with Gasteiger partial charge in [0.05, 0.1) is 21.3 Å². The maximum atomic E-state index is 10.9. The van der Waals surface area contributed by atoms with E-state index < -0.39 is 5.97 Å². The number of carboxylic acid groups (broad SMARTS) is 1. The van der Waals surface area contributed by atoms with E-state index in [9.17, 15) is 4.79 Å². The van der Waals surface area contributed by atoms with Crippen LogP contribution in [0, 0.1) is 6.92 Å². The van der Waals surface area contributed by atoms with Gasteiger partial charge in [-0.15, -0.1) is 0 Å². The van der Waals surface area contributed by atoms with Gasteiger partial charge in [0.15, 0.2) is 0 Å². The molecule has 7 heteroatoms. The van der Waals surface area contributed by atoms with Crippen molar-refractivity contribution in [2.24, 2.45) is 0 Å². The standard InChI is InChI=1S/C10H7Cl2N3O2/c1-5-13-4-15(14-5)6-2-7(11)9(10(16)17)8(12)3-6/h2-4H,1H3,(H,16,17). The van der Waals surface area contributed by atoms with Crippen LogP contribution in [0.3, 0.4) is 0 Å². The third-order valence-corrected chi connectivity index (χ3v) is 2.71. The smallest absolute Gasteiger partial charge is 0.338 e. The lowest BCUT2D eigenvalue weighted by Gasteiger charge is -2.06. The van der Waals surface area contributed by atoms with Crippen molar-refractivity contribution in [3.8, 4) is 5.69 Å². The first-order chi connectivity index (χ1) is 7.99. The molecule has 17 heavy (non-hydrogen) atoms. The summed E-state index contributed by atoms with van der Waals surface area (Å²) in [6.07, 6.45) is 1.50.